The standard InChI is InChI=1S/C18H26F2N2O4/c1-4-25-16(24)17(3)6-5-13(11(2)9-17)22-14-12(10-21-22)15(23)26-8-7-18(14,19)20/h10-14H,4-9H2,1-3H3. The molecule has 0 amide bonds. The molecule has 2 heterocycles. The molecule has 5 unspecified atom stereocenters. The van der Waals surface area contributed by atoms with Crippen molar-refractivity contribution in [2.24, 2.45) is 22.4 Å². The lowest BCUT2D eigenvalue weighted by atomic mass is 9.68. The summed E-state index contributed by atoms with van der Waals surface area (Å²) in [7, 11) is 0. The van der Waals surface area contributed by atoms with E-state index in [1.165, 1.54) is 11.2 Å². The molecular formula is C18H26F2N2O4. The molecule has 2 fully saturated rings. The maximum absolute atomic E-state index is 14.7. The van der Waals surface area contributed by atoms with E-state index in [0.29, 0.717) is 25.9 Å². The van der Waals surface area contributed by atoms with E-state index in [1.54, 1.807) is 6.92 Å². The second-order valence-electron chi connectivity index (χ2n) is 7.86. The number of carbonyl (C=O) groups is 2. The molecule has 3 aliphatic rings. The molecule has 0 N–H and O–H groups in total. The van der Waals surface area contributed by atoms with Crippen LogP contribution >= 0.6 is 0 Å². The van der Waals surface area contributed by atoms with Crippen molar-refractivity contribution in [2.75, 3.05) is 13.2 Å². The molecule has 5 atom stereocenters. The average Bonchev–Trinajstić information content (AvgIpc) is 2.96. The molecule has 0 radical (unpaired) electrons. The van der Waals surface area contributed by atoms with Gasteiger partial charge in [0, 0.05) is 12.6 Å². The first-order valence-corrected chi connectivity index (χ1v) is 9.24. The Morgan fingerprint density at radius 2 is 2.19 bits per heavy atom. The SMILES string of the molecule is CCOC(=O)C1(C)CCC(N2N=CC3C(=O)OCCC(F)(F)C32)C(C)C1. The van der Waals surface area contributed by atoms with Gasteiger partial charge in [0.05, 0.1) is 24.7 Å². The van der Waals surface area contributed by atoms with Gasteiger partial charge in [0.2, 0.25) is 0 Å². The largest absolute Gasteiger partial charge is 0.466 e. The molecule has 0 spiro atoms. The minimum atomic E-state index is -3.06. The highest BCUT2D eigenvalue weighted by atomic mass is 19.3. The predicted molar refractivity (Wildman–Crippen MR) is 89.7 cm³/mol. The number of carbonyl (C=O) groups excluding carboxylic acids is 2. The molecule has 8 heteroatoms. The summed E-state index contributed by atoms with van der Waals surface area (Å²) in [6, 6.07) is -1.56. The molecule has 0 aromatic rings. The number of alkyl halides is 2. The van der Waals surface area contributed by atoms with Crippen LogP contribution in [0, 0.1) is 17.3 Å². The number of cyclic esters (lactones) is 1. The van der Waals surface area contributed by atoms with Crippen molar-refractivity contribution < 1.29 is 27.8 Å². The molecule has 0 aromatic carbocycles. The number of fused-ring (bicyclic) bond motifs is 1. The van der Waals surface area contributed by atoms with Crippen LogP contribution in [0.3, 0.4) is 0 Å². The Balaban J connectivity index is 1.79. The van der Waals surface area contributed by atoms with E-state index < -0.39 is 35.7 Å². The first kappa shape index (κ1) is 19.0. The number of ether oxygens (including phenoxy) is 2. The Morgan fingerprint density at radius 3 is 2.85 bits per heavy atom. The van der Waals surface area contributed by atoms with Gasteiger partial charge in [-0.05, 0) is 39.0 Å². The molecule has 3 rings (SSSR count). The topological polar surface area (TPSA) is 68.2 Å². The number of rotatable bonds is 3. The number of hydrogen-bond acceptors (Lipinski definition) is 6. The lowest BCUT2D eigenvalue weighted by molar-refractivity contribution is -0.160. The van der Waals surface area contributed by atoms with Gasteiger partial charge in [-0.3, -0.25) is 14.6 Å². The van der Waals surface area contributed by atoms with Crippen molar-refractivity contribution in [3.8, 4) is 0 Å². The third-order valence-corrected chi connectivity index (χ3v) is 5.90. The summed E-state index contributed by atoms with van der Waals surface area (Å²) in [6.07, 6.45) is 2.41. The number of halogens is 2. The first-order chi connectivity index (χ1) is 12.2. The summed E-state index contributed by atoms with van der Waals surface area (Å²) in [4.78, 5) is 24.3. The Hall–Kier alpha value is -1.73. The van der Waals surface area contributed by atoms with Gasteiger partial charge in [-0.2, -0.15) is 5.10 Å². The maximum Gasteiger partial charge on any atom is 0.316 e. The van der Waals surface area contributed by atoms with Gasteiger partial charge >= 0.3 is 11.9 Å². The monoisotopic (exact) mass is 372 g/mol. The average molecular weight is 372 g/mol. The van der Waals surface area contributed by atoms with E-state index in [9.17, 15) is 18.4 Å². The Labute approximate surface area is 151 Å². The number of hydrazone groups is 1. The van der Waals surface area contributed by atoms with Gasteiger partial charge in [0.1, 0.15) is 12.0 Å². The van der Waals surface area contributed by atoms with Crippen molar-refractivity contribution in [2.45, 2.75) is 64.5 Å². The molecule has 0 bridgehead atoms. The van der Waals surface area contributed by atoms with Crippen molar-refractivity contribution in [1.29, 1.82) is 0 Å². The van der Waals surface area contributed by atoms with Crippen molar-refractivity contribution in [1.82, 2.24) is 5.01 Å². The minimum absolute atomic E-state index is 0.0378. The number of esters is 2. The van der Waals surface area contributed by atoms with Gasteiger partial charge in [0.25, 0.3) is 5.92 Å². The number of nitrogens with zero attached hydrogens (tertiary/aromatic N) is 2. The van der Waals surface area contributed by atoms with E-state index >= 15 is 0 Å². The van der Waals surface area contributed by atoms with Crippen molar-refractivity contribution in [3.05, 3.63) is 0 Å². The van der Waals surface area contributed by atoms with Crippen LogP contribution in [-0.4, -0.2) is 54.4 Å². The zero-order valence-corrected chi connectivity index (χ0v) is 15.4. The van der Waals surface area contributed by atoms with Crippen LogP contribution in [0.25, 0.3) is 0 Å². The minimum Gasteiger partial charge on any atom is -0.466 e. The van der Waals surface area contributed by atoms with Gasteiger partial charge in [-0.1, -0.05) is 6.92 Å². The quantitative estimate of drug-likeness (QED) is 0.713. The molecule has 2 aliphatic heterocycles. The Bertz CT molecular complexity index is 612. The smallest absolute Gasteiger partial charge is 0.316 e. The third-order valence-electron chi connectivity index (χ3n) is 5.90. The molecule has 1 saturated heterocycles. The highest BCUT2D eigenvalue weighted by molar-refractivity contribution is 5.92. The molecule has 0 aromatic heterocycles. The van der Waals surface area contributed by atoms with E-state index in [0.717, 1.165) is 0 Å². The fourth-order valence-electron chi connectivity index (χ4n) is 4.52. The second-order valence-corrected chi connectivity index (χ2v) is 7.86. The molecule has 1 saturated carbocycles. The van der Waals surface area contributed by atoms with Crippen LogP contribution < -0.4 is 0 Å². The van der Waals surface area contributed by atoms with E-state index in [2.05, 4.69) is 5.10 Å². The van der Waals surface area contributed by atoms with Crippen LogP contribution in [-0.2, 0) is 19.1 Å². The summed E-state index contributed by atoms with van der Waals surface area (Å²) < 4.78 is 39.4. The summed E-state index contributed by atoms with van der Waals surface area (Å²) in [5, 5.41) is 5.59. The molecule has 6 nitrogen and oxygen atoms in total. The summed E-state index contributed by atoms with van der Waals surface area (Å²) >= 11 is 0. The maximum atomic E-state index is 14.7. The van der Waals surface area contributed by atoms with E-state index in [1.807, 2.05) is 13.8 Å². The summed E-state index contributed by atoms with van der Waals surface area (Å²) in [5.41, 5.74) is -0.611. The lowest BCUT2D eigenvalue weighted by Crippen LogP contribution is -2.55. The third kappa shape index (κ3) is 3.18. The highest BCUT2D eigenvalue weighted by Crippen LogP contribution is 2.46. The molecule has 146 valence electrons. The molecule has 1 aliphatic carbocycles. The lowest BCUT2D eigenvalue weighted by Gasteiger charge is -2.45. The van der Waals surface area contributed by atoms with Gasteiger partial charge in [0.15, 0.2) is 0 Å². The normalized spacial score (nSPS) is 39.1. The Kier molecular flexibility index (Phi) is 4.96. The van der Waals surface area contributed by atoms with Crippen LogP contribution in [0.15, 0.2) is 5.10 Å². The molecular weight excluding hydrogens is 346 g/mol. The zero-order valence-electron chi connectivity index (χ0n) is 15.4. The second kappa shape index (κ2) is 6.78. The van der Waals surface area contributed by atoms with Gasteiger partial charge in [-0.25, -0.2) is 8.78 Å². The van der Waals surface area contributed by atoms with Crippen LogP contribution in [0.2, 0.25) is 0 Å². The van der Waals surface area contributed by atoms with Crippen molar-refractivity contribution >= 4 is 18.2 Å². The molecule has 26 heavy (non-hydrogen) atoms. The zero-order chi connectivity index (χ0) is 19.1. The predicted octanol–water partition coefficient (Wildman–Crippen LogP) is 2.61. The first-order valence-electron chi connectivity index (χ1n) is 9.24. The van der Waals surface area contributed by atoms with E-state index in [-0.39, 0.29) is 24.5 Å². The van der Waals surface area contributed by atoms with Crippen molar-refractivity contribution in [3.63, 3.8) is 0 Å². The van der Waals surface area contributed by atoms with Crippen LogP contribution in [0.4, 0.5) is 8.78 Å². The van der Waals surface area contributed by atoms with Gasteiger partial charge in [-0.15, -0.1) is 0 Å². The van der Waals surface area contributed by atoms with Gasteiger partial charge < -0.3 is 9.47 Å². The fraction of sp³-hybridized carbons (Fsp3) is 0.833. The summed E-state index contributed by atoms with van der Waals surface area (Å²) in [5.74, 6) is -5.02. The van der Waals surface area contributed by atoms with E-state index in [4.69, 9.17) is 9.47 Å². The Morgan fingerprint density at radius 1 is 1.46 bits per heavy atom. The van der Waals surface area contributed by atoms with Crippen LogP contribution in [0.1, 0.15) is 46.5 Å². The highest BCUT2D eigenvalue weighted by Gasteiger charge is 2.57. The fourth-order valence-corrected chi connectivity index (χ4v) is 4.52. The number of hydrogen-bond donors (Lipinski definition) is 0. The summed E-state index contributed by atoms with van der Waals surface area (Å²) in [6.45, 7) is 5.62. The van der Waals surface area contributed by atoms with Crippen LogP contribution in [0.5, 0.6) is 0 Å².